The Bertz CT molecular complexity index is 485. The number of ether oxygens (including phenoxy) is 1. The van der Waals surface area contributed by atoms with Crippen molar-refractivity contribution in [1.82, 2.24) is 20.9 Å². The molecule has 0 spiro atoms. The second-order valence-corrected chi connectivity index (χ2v) is 11.2. The van der Waals surface area contributed by atoms with Gasteiger partial charge in [-0.15, -0.1) is 0 Å². The van der Waals surface area contributed by atoms with Crippen LogP contribution in [0.1, 0.15) is 58.3 Å². The summed E-state index contributed by atoms with van der Waals surface area (Å²) in [6, 6.07) is 0.542. The van der Waals surface area contributed by atoms with Crippen molar-refractivity contribution in [3.8, 4) is 0 Å². The molecule has 0 aromatic heterocycles. The Kier molecular flexibility index (Phi) is 9.86. The van der Waals surface area contributed by atoms with E-state index in [0.717, 1.165) is 69.5 Å². The third-order valence-corrected chi connectivity index (χ3v) is 9.35. The Morgan fingerprint density at radius 2 is 1.66 bits per heavy atom. The fourth-order valence-corrected chi connectivity index (χ4v) is 6.85. The first-order valence-corrected chi connectivity index (χ1v) is 13.3. The second-order valence-electron chi connectivity index (χ2n) is 9.40. The van der Waals surface area contributed by atoms with Gasteiger partial charge >= 0.3 is 0 Å². The fourth-order valence-electron chi connectivity index (χ4n) is 5.23. The number of hydrogen-bond acceptors (Lipinski definition) is 6. The standard InChI is InChI=1S/C22H44N4O2S/c1-4-26(2)13-14-29(27)21-11-7-19(8-12-21)25-22-23-15-18(16-24-22)17-5-9-20(28-3)10-6-17/h17-25H,4-16H2,1-3H3. The van der Waals surface area contributed by atoms with Gasteiger partial charge in [0.2, 0.25) is 0 Å². The molecular formula is C22H44N4O2S. The highest BCUT2D eigenvalue weighted by atomic mass is 32.2. The molecule has 0 bridgehead atoms. The lowest BCUT2D eigenvalue weighted by Gasteiger charge is -2.40. The van der Waals surface area contributed by atoms with Gasteiger partial charge in [-0.25, -0.2) is 0 Å². The topological polar surface area (TPSA) is 65.6 Å². The van der Waals surface area contributed by atoms with Crippen molar-refractivity contribution in [1.29, 1.82) is 0 Å². The van der Waals surface area contributed by atoms with E-state index in [0.29, 0.717) is 17.4 Å². The quantitative estimate of drug-likeness (QED) is 0.521. The summed E-state index contributed by atoms with van der Waals surface area (Å²) in [7, 11) is 3.29. The molecule has 29 heavy (non-hydrogen) atoms. The van der Waals surface area contributed by atoms with Crippen LogP contribution in [0, 0.1) is 11.8 Å². The molecule has 7 heteroatoms. The maximum atomic E-state index is 12.6. The lowest BCUT2D eigenvalue weighted by Crippen LogP contribution is -2.63. The van der Waals surface area contributed by atoms with E-state index in [2.05, 4.69) is 34.8 Å². The van der Waals surface area contributed by atoms with Crippen LogP contribution in [0.15, 0.2) is 0 Å². The molecule has 3 N–H and O–H groups in total. The van der Waals surface area contributed by atoms with Crippen molar-refractivity contribution in [3.05, 3.63) is 0 Å². The number of hydrogen-bond donors (Lipinski definition) is 3. The molecule has 1 heterocycles. The maximum absolute atomic E-state index is 12.6. The van der Waals surface area contributed by atoms with Crippen LogP contribution < -0.4 is 16.0 Å². The normalized spacial score (nSPS) is 37.5. The van der Waals surface area contributed by atoms with Crippen LogP contribution in [0.3, 0.4) is 0 Å². The van der Waals surface area contributed by atoms with Gasteiger partial charge in [0.1, 0.15) is 6.29 Å². The van der Waals surface area contributed by atoms with Gasteiger partial charge in [0, 0.05) is 54.6 Å². The highest BCUT2D eigenvalue weighted by Gasteiger charge is 2.32. The Morgan fingerprint density at radius 3 is 2.24 bits per heavy atom. The van der Waals surface area contributed by atoms with Gasteiger partial charge in [0.15, 0.2) is 0 Å². The Morgan fingerprint density at radius 1 is 1.00 bits per heavy atom. The maximum Gasteiger partial charge on any atom is 0.112 e. The molecular weight excluding hydrogens is 384 g/mol. The van der Waals surface area contributed by atoms with Crippen molar-refractivity contribution in [3.63, 3.8) is 0 Å². The van der Waals surface area contributed by atoms with Gasteiger partial charge in [-0.05, 0) is 76.8 Å². The molecule has 3 aliphatic rings. The van der Waals surface area contributed by atoms with Crippen LogP contribution in [-0.2, 0) is 15.5 Å². The molecule has 3 fully saturated rings. The van der Waals surface area contributed by atoms with Crippen LogP contribution in [0.4, 0.5) is 0 Å². The van der Waals surface area contributed by atoms with Crippen LogP contribution in [0.5, 0.6) is 0 Å². The van der Waals surface area contributed by atoms with E-state index in [1.165, 1.54) is 25.7 Å². The lowest BCUT2D eigenvalue weighted by molar-refractivity contribution is 0.0415. The minimum absolute atomic E-state index is 0.229. The van der Waals surface area contributed by atoms with Gasteiger partial charge < -0.3 is 9.64 Å². The number of nitrogens with zero attached hydrogens (tertiary/aromatic N) is 1. The van der Waals surface area contributed by atoms with E-state index in [1.807, 2.05) is 7.11 Å². The molecule has 1 atom stereocenters. The van der Waals surface area contributed by atoms with Gasteiger partial charge in [0.25, 0.3) is 0 Å². The Hall–Kier alpha value is -0.0500. The van der Waals surface area contributed by atoms with Crippen molar-refractivity contribution < 1.29 is 8.95 Å². The van der Waals surface area contributed by atoms with E-state index >= 15 is 0 Å². The molecule has 170 valence electrons. The van der Waals surface area contributed by atoms with Crippen LogP contribution >= 0.6 is 0 Å². The first-order valence-electron chi connectivity index (χ1n) is 11.9. The molecule has 1 unspecified atom stereocenters. The van der Waals surface area contributed by atoms with Gasteiger partial charge in [-0.1, -0.05) is 6.92 Å². The lowest BCUT2D eigenvalue weighted by atomic mass is 9.78. The molecule has 1 saturated heterocycles. The predicted molar refractivity (Wildman–Crippen MR) is 121 cm³/mol. The van der Waals surface area contributed by atoms with Crippen LogP contribution in [-0.4, -0.2) is 78.9 Å². The zero-order chi connectivity index (χ0) is 20.6. The average Bonchev–Trinajstić information content (AvgIpc) is 2.78. The van der Waals surface area contributed by atoms with E-state index < -0.39 is 10.8 Å². The van der Waals surface area contributed by atoms with E-state index in [1.54, 1.807) is 0 Å². The highest BCUT2D eigenvalue weighted by Crippen LogP contribution is 2.32. The first-order chi connectivity index (χ1) is 14.1. The summed E-state index contributed by atoms with van der Waals surface area (Å²) >= 11 is 0. The minimum Gasteiger partial charge on any atom is -0.381 e. The number of rotatable bonds is 9. The minimum atomic E-state index is -0.671. The Labute approximate surface area is 180 Å². The third kappa shape index (κ3) is 7.25. The fraction of sp³-hybridized carbons (Fsp3) is 1.00. The van der Waals surface area contributed by atoms with Crippen LogP contribution in [0.2, 0.25) is 0 Å². The smallest absolute Gasteiger partial charge is 0.112 e. The molecule has 0 aromatic rings. The molecule has 2 saturated carbocycles. The van der Waals surface area contributed by atoms with Gasteiger partial charge in [-0.2, -0.15) is 0 Å². The predicted octanol–water partition coefficient (Wildman–Crippen LogP) is 1.89. The van der Waals surface area contributed by atoms with Crippen LogP contribution in [0.25, 0.3) is 0 Å². The molecule has 0 aromatic carbocycles. The molecule has 0 radical (unpaired) electrons. The summed E-state index contributed by atoms with van der Waals surface area (Å²) in [4.78, 5) is 2.25. The van der Waals surface area contributed by atoms with Crippen molar-refractivity contribution in [2.75, 3.05) is 46.1 Å². The molecule has 0 amide bonds. The third-order valence-electron chi connectivity index (χ3n) is 7.55. The summed E-state index contributed by atoms with van der Waals surface area (Å²) in [6.07, 6.45) is 10.2. The van der Waals surface area contributed by atoms with Gasteiger partial charge in [-0.3, -0.25) is 20.2 Å². The molecule has 1 aliphatic heterocycles. The van der Waals surface area contributed by atoms with Gasteiger partial charge in [0.05, 0.1) is 6.10 Å². The zero-order valence-corrected chi connectivity index (χ0v) is 19.6. The summed E-state index contributed by atoms with van der Waals surface area (Å²) in [5, 5.41) is 11.6. The van der Waals surface area contributed by atoms with Crippen molar-refractivity contribution in [2.45, 2.75) is 82.0 Å². The SMILES string of the molecule is CCN(C)CCS(=O)C1CCC(NC2NCC(C3CCC(OC)CC3)CN2)CC1. The Balaban J connectivity index is 1.30. The van der Waals surface area contributed by atoms with E-state index in [4.69, 9.17) is 4.74 Å². The number of methoxy groups -OCH3 is 1. The zero-order valence-electron chi connectivity index (χ0n) is 18.8. The van der Waals surface area contributed by atoms with E-state index in [-0.39, 0.29) is 6.29 Å². The monoisotopic (exact) mass is 428 g/mol. The summed E-state index contributed by atoms with van der Waals surface area (Å²) in [5.74, 6) is 2.40. The molecule has 6 nitrogen and oxygen atoms in total. The summed E-state index contributed by atoms with van der Waals surface area (Å²) < 4.78 is 18.1. The number of nitrogens with one attached hydrogen (secondary N) is 3. The highest BCUT2D eigenvalue weighted by molar-refractivity contribution is 7.85. The summed E-state index contributed by atoms with van der Waals surface area (Å²) in [5.41, 5.74) is 0. The molecule has 3 rings (SSSR count). The second kappa shape index (κ2) is 12.1. The first kappa shape index (κ1) is 23.6. The average molecular weight is 429 g/mol. The largest absolute Gasteiger partial charge is 0.381 e. The van der Waals surface area contributed by atoms with E-state index in [9.17, 15) is 4.21 Å². The summed E-state index contributed by atoms with van der Waals surface area (Å²) in [6.45, 7) is 6.35. The van der Waals surface area contributed by atoms with Crippen molar-refractivity contribution >= 4 is 10.8 Å². The van der Waals surface area contributed by atoms with Crippen molar-refractivity contribution in [2.24, 2.45) is 11.8 Å². The molecule has 2 aliphatic carbocycles.